The molecule has 1 N–H and O–H groups in total. The number of rotatable bonds is 6. The van der Waals surface area contributed by atoms with Crippen LogP contribution in [-0.2, 0) is 6.54 Å². The first-order valence-corrected chi connectivity index (χ1v) is 7.97. The molecule has 0 amide bonds. The van der Waals surface area contributed by atoms with Gasteiger partial charge in [-0.1, -0.05) is 23.9 Å². The van der Waals surface area contributed by atoms with Gasteiger partial charge in [0.2, 0.25) is 0 Å². The van der Waals surface area contributed by atoms with Crippen molar-refractivity contribution in [1.82, 2.24) is 9.97 Å². The molecule has 1 aromatic heterocycles. The molecule has 2 rings (SSSR count). The van der Waals surface area contributed by atoms with Crippen LogP contribution in [0.4, 0.5) is 16.0 Å². The molecule has 1 heterocycles. The minimum Gasteiger partial charge on any atom is -0.370 e. The van der Waals surface area contributed by atoms with Crippen molar-refractivity contribution in [3.8, 4) is 0 Å². The molecular weight excluding hydrogens is 287 g/mol. The van der Waals surface area contributed by atoms with Crippen molar-refractivity contribution in [3.63, 3.8) is 0 Å². The van der Waals surface area contributed by atoms with E-state index < -0.39 is 0 Å². The van der Waals surface area contributed by atoms with Gasteiger partial charge in [0.25, 0.3) is 0 Å². The Balaban J connectivity index is 2.21. The van der Waals surface area contributed by atoms with Crippen LogP contribution in [0.5, 0.6) is 0 Å². The van der Waals surface area contributed by atoms with E-state index in [0.29, 0.717) is 6.54 Å². The number of hydrogen-bond acceptors (Lipinski definition) is 5. The van der Waals surface area contributed by atoms with Crippen LogP contribution in [0.1, 0.15) is 12.5 Å². The molecule has 0 atom stereocenters. The van der Waals surface area contributed by atoms with E-state index in [1.807, 2.05) is 37.3 Å². The van der Waals surface area contributed by atoms with Gasteiger partial charge in [0.05, 0.1) is 0 Å². The lowest BCUT2D eigenvalue weighted by molar-refractivity contribution is 0.625. The Hall–Kier alpha value is -1.82. The number of anilines is 2. The SMILES string of the molecule is CCNc1cc(N(C)Cc2cccc(F)c2)nc(SC)n1. The van der Waals surface area contributed by atoms with Gasteiger partial charge in [-0.05, 0) is 30.9 Å². The van der Waals surface area contributed by atoms with E-state index in [-0.39, 0.29) is 5.82 Å². The lowest BCUT2D eigenvalue weighted by Gasteiger charge is -2.19. The highest BCUT2D eigenvalue weighted by molar-refractivity contribution is 7.98. The summed E-state index contributed by atoms with van der Waals surface area (Å²) in [5.41, 5.74) is 0.909. The molecule has 0 saturated carbocycles. The van der Waals surface area contributed by atoms with Gasteiger partial charge in [0.15, 0.2) is 5.16 Å². The summed E-state index contributed by atoms with van der Waals surface area (Å²) in [5.74, 6) is 1.40. The summed E-state index contributed by atoms with van der Waals surface area (Å²) < 4.78 is 13.2. The van der Waals surface area contributed by atoms with E-state index in [9.17, 15) is 4.39 Å². The summed E-state index contributed by atoms with van der Waals surface area (Å²) in [4.78, 5) is 10.9. The zero-order chi connectivity index (χ0) is 15.2. The molecule has 0 aliphatic heterocycles. The van der Waals surface area contributed by atoms with Crippen LogP contribution in [0.3, 0.4) is 0 Å². The maximum Gasteiger partial charge on any atom is 0.191 e. The largest absolute Gasteiger partial charge is 0.370 e. The summed E-state index contributed by atoms with van der Waals surface area (Å²) in [5, 5.41) is 3.92. The Morgan fingerprint density at radius 3 is 2.76 bits per heavy atom. The number of aromatic nitrogens is 2. The Morgan fingerprint density at radius 2 is 2.10 bits per heavy atom. The average Bonchev–Trinajstić information content (AvgIpc) is 2.47. The number of hydrogen-bond donors (Lipinski definition) is 1. The minimum absolute atomic E-state index is 0.221. The average molecular weight is 306 g/mol. The van der Waals surface area contributed by atoms with Crippen molar-refractivity contribution in [2.24, 2.45) is 0 Å². The summed E-state index contributed by atoms with van der Waals surface area (Å²) in [6, 6.07) is 8.52. The fraction of sp³-hybridized carbons (Fsp3) is 0.333. The Morgan fingerprint density at radius 1 is 1.29 bits per heavy atom. The van der Waals surface area contributed by atoms with Crippen LogP contribution >= 0.6 is 11.8 Å². The Bertz CT molecular complexity index is 606. The van der Waals surface area contributed by atoms with Gasteiger partial charge in [-0.25, -0.2) is 14.4 Å². The van der Waals surface area contributed by atoms with E-state index in [1.54, 1.807) is 12.1 Å². The second-order valence-corrected chi connectivity index (χ2v) is 5.39. The van der Waals surface area contributed by atoms with E-state index in [0.717, 1.165) is 28.9 Å². The van der Waals surface area contributed by atoms with Crippen molar-refractivity contribution < 1.29 is 4.39 Å². The van der Waals surface area contributed by atoms with E-state index in [1.165, 1.54) is 17.8 Å². The number of halogens is 1. The number of thioether (sulfide) groups is 1. The number of nitrogens with one attached hydrogen (secondary N) is 1. The van der Waals surface area contributed by atoms with Gasteiger partial charge < -0.3 is 10.2 Å². The second kappa shape index (κ2) is 7.26. The summed E-state index contributed by atoms with van der Waals surface area (Å²) in [6.45, 7) is 3.42. The van der Waals surface area contributed by atoms with Crippen LogP contribution in [0.25, 0.3) is 0 Å². The van der Waals surface area contributed by atoms with Crippen LogP contribution in [0.2, 0.25) is 0 Å². The predicted octanol–water partition coefficient (Wildman–Crippen LogP) is 3.41. The lowest BCUT2D eigenvalue weighted by atomic mass is 10.2. The molecule has 2 aromatic rings. The van der Waals surface area contributed by atoms with Crippen LogP contribution in [0, 0.1) is 5.82 Å². The van der Waals surface area contributed by atoms with Crippen LogP contribution in [0.15, 0.2) is 35.5 Å². The molecule has 0 bridgehead atoms. The monoisotopic (exact) mass is 306 g/mol. The summed E-state index contributed by atoms with van der Waals surface area (Å²) in [6.07, 6.45) is 1.95. The standard InChI is InChI=1S/C15H19FN4S/c1-4-17-13-9-14(19-15(18-13)21-3)20(2)10-11-6-5-7-12(16)8-11/h5-9H,4,10H2,1-3H3,(H,17,18,19). The lowest BCUT2D eigenvalue weighted by Crippen LogP contribution is -2.18. The van der Waals surface area contributed by atoms with Crippen LogP contribution < -0.4 is 10.2 Å². The van der Waals surface area contributed by atoms with E-state index in [2.05, 4.69) is 15.3 Å². The topological polar surface area (TPSA) is 41.0 Å². The molecule has 4 nitrogen and oxygen atoms in total. The highest BCUT2D eigenvalue weighted by Gasteiger charge is 2.09. The molecule has 0 radical (unpaired) electrons. The van der Waals surface area contributed by atoms with Crippen molar-refractivity contribution >= 4 is 23.4 Å². The fourth-order valence-electron chi connectivity index (χ4n) is 1.96. The molecule has 112 valence electrons. The van der Waals surface area contributed by atoms with Gasteiger partial charge in [0, 0.05) is 26.2 Å². The zero-order valence-corrected chi connectivity index (χ0v) is 13.2. The molecule has 0 aliphatic rings. The van der Waals surface area contributed by atoms with Gasteiger partial charge in [-0.2, -0.15) is 0 Å². The Kier molecular flexibility index (Phi) is 5.38. The van der Waals surface area contributed by atoms with Crippen molar-refractivity contribution in [2.75, 3.05) is 30.1 Å². The molecule has 0 spiro atoms. The third-order valence-corrected chi connectivity index (χ3v) is 3.48. The number of nitrogens with zero attached hydrogens (tertiary/aromatic N) is 3. The molecule has 6 heteroatoms. The second-order valence-electron chi connectivity index (χ2n) is 4.61. The minimum atomic E-state index is -0.221. The van der Waals surface area contributed by atoms with Crippen LogP contribution in [-0.4, -0.2) is 29.8 Å². The maximum atomic E-state index is 13.2. The first-order chi connectivity index (χ1) is 10.1. The van der Waals surface area contributed by atoms with E-state index >= 15 is 0 Å². The molecule has 0 fully saturated rings. The molecular formula is C15H19FN4S. The molecule has 21 heavy (non-hydrogen) atoms. The van der Waals surface area contributed by atoms with Gasteiger partial charge in [0.1, 0.15) is 17.5 Å². The van der Waals surface area contributed by atoms with Gasteiger partial charge >= 0.3 is 0 Å². The Labute approximate surface area is 128 Å². The van der Waals surface area contributed by atoms with Crippen molar-refractivity contribution in [3.05, 3.63) is 41.7 Å². The normalized spacial score (nSPS) is 10.5. The first kappa shape index (κ1) is 15.6. The number of benzene rings is 1. The third-order valence-electron chi connectivity index (χ3n) is 2.93. The van der Waals surface area contributed by atoms with Gasteiger partial charge in [-0.3, -0.25) is 0 Å². The first-order valence-electron chi connectivity index (χ1n) is 6.75. The predicted molar refractivity (Wildman–Crippen MR) is 86.5 cm³/mol. The molecule has 0 aliphatic carbocycles. The summed E-state index contributed by atoms with van der Waals surface area (Å²) >= 11 is 1.50. The molecule has 1 aromatic carbocycles. The third kappa shape index (κ3) is 4.32. The highest BCUT2D eigenvalue weighted by atomic mass is 32.2. The fourth-order valence-corrected chi connectivity index (χ4v) is 2.34. The van der Waals surface area contributed by atoms with Gasteiger partial charge in [-0.15, -0.1) is 0 Å². The molecule has 0 saturated heterocycles. The van der Waals surface area contributed by atoms with E-state index in [4.69, 9.17) is 0 Å². The highest BCUT2D eigenvalue weighted by Crippen LogP contribution is 2.21. The van der Waals surface area contributed by atoms with Crippen molar-refractivity contribution in [1.29, 1.82) is 0 Å². The zero-order valence-electron chi connectivity index (χ0n) is 12.4. The van der Waals surface area contributed by atoms with Crippen molar-refractivity contribution in [2.45, 2.75) is 18.6 Å². The molecule has 0 unspecified atom stereocenters. The quantitative estimate of drug-likeness (QED) is 0.654. The maximum absolute atomic E-state index is 13.2. The smallest absolute Gasteiger partial charge is 0.191 e. The summed E-state index contributed by atoms with van der Waals surface area (Å²) in [7, 11) is 1.94.